The molecular weight excluding hydrogens is 514 g/mol. The summed E-state index contributed by atoms with van der Waals surface area (Å²) in [6.45, 7) is 0. The second-order valence-corrected chi connectivity index (χ2v) is 11.0. The number of halogens is 1. The summed E-state index contributed by atoms with van der Waals surface area (Å²) >= 11 is 6.38. The van der Waals surface area contributed by atoms with Crippen LogP contribution in [-0.4, -0.2) is 5.84 Å². The molecule has 1 aliphatic carbocycles. The van der Waals surface area contributed by atoms with E-state index >= 15 is 0 Å². The molecule has 0 radical (unpaired) electrons. The van der Waals surface area contributed by atoms with Crippen molar-refractivity contribution in [2.24, 2.45) is 4.99 Å². The Morgan fingerprint density at radius 3 is 2.40 bits per heavy atom. The van der Waals surface area contributed by atoms with Crippen LogP contribution in [0.5, 0.6) is 0 Å². The molecule has 40 heavy (non-hydrogen) atoms. The average Bonchev–Trinajstić information content (AvgIpc) is 3.38. The lowest BCUT2D eigenvalue weighted by Crippen LogP contribution is -2.45. The summed E-state index contributed by atoms with van der Waals surface area (Å²) in [5.41, 5.74) is 5.44. The van der Waals surface area contributed by atoms with Crippen LogP contribution < -0.4 is 10.6 Å². The van der Waals surface area contributed by atoms with Crippen LogP contribution in [0.3, 0.4) is 0 Å². The van der Waals surface area contributed by atoms with Gasteiger partial charge in [-0.25, -0.2) is 4.99 Å². The highest BCUT2D eigenvalue weighted by Gasteiger charge is 2.30. The molecule has 1 aromatic heterocycles. The number of amidine groups is 1. The van der Waals surface area contributed by atoms with Crippen LogP contribution >= 0.6 is 11.6 Å². The maximum atomic E-state index is 6.38. The highest BCUT2D eigenvalue weighted by Crippen LogP contribution is 2.40. The predicted octanol–water partition coefficient (Wildman–Crippen LogP) is 8.60. The minimum absolute atomic E-state index is 0.167. The lowest BCUT2D eigenvalue weighted by molar-refractivity contribution is 0.412. The Morgan fingerprint density at radius 1 is 0.750 bits per heavy atom. The zero-order chi connectivity index (χ0) is 26.6. The van der Waals surface area contributed by atoms with Crippen LogP contribution in [0, 0.1) is 0 Å². The van der Waals surface area contributed by atoms with Gasteiger partial charge in [0, 0.05) is 27.1 Å². The fourth-order valence-corrected chi connectivity index (χ4v) is 6.45. The molecule has 2 unspecified atom stereocenters. The summed E-state index contributed by atoms with van der Waals surface area (Å²) in [5, 5.41) is 14.5. The number of aliphatic imine (C=N–C) groups is 1. The first-order valence-corrected chi connectivity index (χ1v) is 14.1. The van der Waals surface area contributed by atoms with E-state index in [1.165, 1.54) is 32.7 Å². The smallest absolute Gasteiger partial charge is 0.135 e. The standard InChI is InChI=1S/C35H26ClN3O/c36-23-17-18-27-31(20-23)40-30-16-8-15-28(32(27)30)34-37-33(21-9-2-1-3-10-21)38-35(39-34)29-19-22-11-4-5-12-24(22)25-13-6-7-14-26(25)29/h1-16,19-20,34-35,39H,17-18H2,(H,37,38). The van der Waals surface area contributed by atoms with Gasteiger partial charge >= 0.3 is 0 Å². The van der Waals surface area contributed by atoms with Crippen LogP contribution in [0.1, 0.15) is 46.8 Å². The molecule has 5 aromatic carbocycles. The van der Waals surface area contributed by atoms with Gasteiger partial charge in [-0.05, 0) is 58.2 Å². The van der Waals surface area contributed by atoms with Crippen molar-refractivity contribution in [1.82, 2.24) is 10.6 Å². The fraction of sp³-hybridized carbons (Fsp3) is 0.114. The van der Waals surface area contributed by atoms with Crippen LogP contribution in [0.2, 0.25) is 0 Å². The first-order chi connectivity index (χ1) is 19.7. The van der Waals surface area contributed by atoms with E-state index in [1.807, 2.05) is 18.2 Å². The van der Waals surface area contributed by atoms with Crippen molar-refractivity contribution in [3.8, 4) is 0 Å². The SMILES string of the molecule is ClC1=Cc2oc3cccc(C4N=C(c5ccccc5)NC(c5cc6ccccc6c6ccccc56)N4)c3c2CC1. The molecule has 4 nitrogen and oxygen atoms in total. The van der Waals surface area contributed by atoms with E-state index in [1.54, 1.807) is 0 Å². The largest absolute Gasteiger partial charge is 0.456 e. The highest BCUT2D eigenvalue weighted by molar-refractivity contribution is 6.31. The molecule has 0 bridgehead atoms. The van der Waals surface area contributed by atoms with Gasteiger partial charge in [-0.1, -0.05) is 103 Å². The van der Waals surface area contributed by atoms with Gasteiger partial charge in [0.15, 0.2) is 0 Å². The molecule has 2 atom stereocenters. The van der Waals surface area contributed by atoms with E-state index in [9.17, 15) is 0 Å². The molecule has 2 aliphatic rings. The molecule has 0 saturated heterocycles. The van der Waals surface area contributed by atoms with Gasteiger partial charge in [0.2, 0.25) is 0 Å². The number of aryl methyl sites for hydroxylation is 1. The van der Waals surface area contributed by atoms with Gasteiger partial charge in [-0.15, -0.1) is 0 Å². The fourth-order valence-electron chi connectivity index (χ4n) is 6.25. The van der Waals surface area contributed by atoms with Gasteiger partial charge in [-0.2, -0.15) is 0 Å². The molecule has 2 N–H and O–H groups in total. The van der Waals surface area contributed by atoms with Crippen LogP contribution in [-0.2, 0) is 6.42 Å². The molecule has 0 saturated carbocycles. The van der Waals surface area contributed by atoms with E-state index in [2.05, 4.69) is 102 Å². The van der Waals surface area contributed by atoms with Gasteiger partial charge in [0.05, 0.1) is 0 Å². The zero-order valence-electron chi connectivity index (χ0n) is 21.7. The van der Waals surface area contributed by atoms with Gasteiger partial charge < -0.3 is 9.73 Å². The predicted molar refractivity (Wildman–Crippen MR) is 165 cm³/mol. The van der Waals surface area contributed by atoms with Crippen molar-refractivity contribution >= 4 is 56.0 Å². The van der Waals surface area contributed by atoms with Crippen molar-refractivity contribution < 1.29 is 4.42 Å². The van der Waals surface area contributed by atoms with E-state index in [-0.39, 0.29) is 12.3 Å². The first-order valence-electron chi connectivity index (χ1n) is 13.7. The number of hydrogen-bond acceptors (Lipinski definition) is 4. The van der Waals surface area contributed by atoms with Crippen molar-refractivity contribution in [2.45, 2.75) is 25.2 Å². The third-order valence-corrected chi connectivity index (χ3v) is 8.39. The summed E-state index contributed by atoms with van der Waals surface area (Å²) in [7, 11) is 0. The molecule has 0 spiro atoms. The molecule has 1 aliphatic heterocycles. The lowest BCUT2D eigenvalue weighted by Gasteiger charge is -2.33. The summed E-state index contributed by atoms with van der Waals surface area (Å²) in [6.07, 6.45) is 3.19. The zero-order valence-corrected chi connectivity index (χ0v) is 22.5. The molecule has 0 fully saturated rings. The maximum Gasteiger partial charge on any atom is 0.135 e. The Labute approximate surface area is 237 Å². The normalized spacial score (nSPS) is 18.8. The van der Waals surface area contributed by atoms with Crippen LogP contribution in [0.4, 0.5) is 0 Å². The number of benzene rings is 5. The van der Waals surface area contributed by atoms with E-state index in [0.29, 0.717) is 0 Å². The van der Waals surface area contributed by atoms with Crippen molar-refractivity contribution in [2.75, 3.05) is 0 Å². The minimum Gasteiger partial charge on any atom is -0.456 e. The molecule has 194 valence electrons. The lowest BCUT2D eigenvalue weighted by atomic mass is 9.94. The van der Waals surface area contributed by atoms with Gasteiger partial charge in [0.25, 0.3) is 0 Å². The quantitative estimate of drug-likeness (QED) is 0.221. The second kappa shape index (κ2) is 9.37. The molecule has 6 aromatic rings. The Hall–Kier alpha value is -4.38. The van der Waals surface area contributed by atoms with E-state index in [0.717, 1.165) is 51.6 Å². The van der Waals surface area contributed by atoms with Gasteiger partial charge in [-0.3, -0.25) is 5.32 Å². The van der Waals surface area contributed by atoms with Crippen molar-refractivity contribution in [3.05, 3.63) is 136 Å². The van der Waals surface area contributed by atoms with Crippen LogP contribution in [0.25, 0.3) is 38.6 Å². The molecular formula is C35H26ClN3O. The second-order valence-electron chi connectivity index (χ2n) is 10.5. The number of rotatable bonds is 3. The minimum atomic E-state index is -0.279. The summed E-state index contributed by atoms with van der Waals surface area (Å²) in [4.78, 5) is 5.25. The maximum absolute atomic E-state index is 6.38. The van der Waals surface area contributed by atoms with E-state index in [4.69, 9.17) is 21.0 Å². The summed E-state index contributed by atoms with van der Waals surface area (Å²) in [6, 6.07) is 36.2. The Balaban J connectivity index is 1.33. The Morgan fingerprint density at radius 2 is 1.52 bits per heavy atom. The summed E-state index contributed by atoms with van der Waals surface area (Å²) < 4.78 is 6.27. The Kier molecular flexibility index (Phi) is 5.51. The Bertz CT molecular complexity index is 1990. The first kappa shape index (κ1) is 23.5. The summed E-state index contributed by atoms with van der Waals surface area (Å²) in [5.74, 6) is 1.72. The third-order valence-electron chi connectivity index (χ3n) is 8.10. The van der Waals surface area contributed by atoms with Crippen LogP contribution in [0.15, 0.2) is 118 Å². The number of fused-ring (bicyclic) bond motifs is 6. The number of hydrogen-bond donors (Lipinski definition) is 2. The highest BCUT2D eigenvalue weighted by atomic mass is 35.5. The molecule has 0 amide bonds. The number of allylic oxidation sites excluding steroid dienone is 1. The molecule has 2 heterocycles. The number of nitrogens with one attached hydrogen (secondary N) is 2. The van der Waals surface area contributed by atoms with E-state index < -0.39 is 0 Å². The van der Waals surface area contributed by atoms with Gasteiger partial charge in [0.1, 0.15) is 29.5 Å². The average molecular weight is 540 g/mol. The topological polar surface area (TPSA) is 49.6 Å². The monoisotopic (exact) mass is 539 g/mol. The number of furan rings is 1. The third kappa shape index (κ3) is 3.83. The van der Waals surface area contributed by atoms with Crippen molar-refractivity contribution in [3.63, 3.8) is 0 Å². The molecule has 8 rings (SSSR count). The molecule has 5 heteroatoms. The van der Waals surface area contributed by atoms with Crippen molar-refractivity contribution in [1.29, 1.82) is 0 Å². The number of nitrogens with zero attached hydrogens (tertiary/aromatic N) is 1.